The number of imide groups is 4. The van der Waals surface area contributed by atoms with Crippen molar-refractivity contribution in [2.45, 2.75) is 140 Å². The van der Waals surface area contributed by atoms with Crippen LogP contribution in [-0.2, 0) is 92.4 Å². The zero-order valence-electron chi connectivity index (χ0n) is 77.0. The van der Waals surface area contributed by atoms with Crippen LogP contribution in [-0.4, -0.2) is 130 Å². The predicted molar refractivity (Wildman–Crippen MR) is 576 cm³/mol. The van der Waals surface area contributed by atoms with Crippen LogP contribution in [0, 0.1) is 0 Å². The number of nitrogens with zero attached hydrogens (tertiary/aromatic N) is 4. The van der Waals surface area contributed by atoms with Crippen LogP contribution in [0.5, 0.6) is 0 Å². The normalized spacial score (nSPS) is 13.8. The third-order valence-electron chi connectivity index (χ3n) is 28.5. The summed E-state index contributed by atoms with van der Waals surface area (Å²) in [5.74, 6) is -2.55. The van der Waals surface area contributed by atoms with Gasteiger partial charge in [-0.05, 0) is 192 Å². The molecule has 0 radical (unpaired) electrons. The van der Waals surface area contributed by atoms with Crippen molar-refractivity contribution in [2.24, 2.45) is 0 Å². The maximum atomic E-state index is 13.2. The number of aryl methyl sites for hydroxylation is 8. The summed E-state index contributed by atoms with van der Waals surface area (Å²) in [7, 11) is -1.47. The number of aromatic nitrogens is 4. The summed E-state index contributed by atoms with van der Waals surface area (Å²) in [5, 5.41) is 32.9. The van der Waals surface area contributed by atoms with Crippen LogP contribution in [0.15, 0.2) is 224 Å². The Labute approximate surface area is 838 Å². The largest absolute Gasteiger partial charge is 0.366 e. The fraction of sp³-hybridized carbons (Fsp3) is 0.233. The second kappa shape index (κ2) is 39.8. The van der Waals surface area contributed by atoms with Crippen molar-refractivity contribution < 1.29 is 56.4 Å². The minimum atomic E-state index is -3.28. The second-order valence-corrected chi connectivity index (χ2v) is 38.8. The number of carbonyl (C=O) groups excluding carboxylic acids is 10. The molecular weight excluding hydrogens is 1850 g/mol. The molecule has 25 rings (SSSR count). The Balaban J connectivity index is 0.000000125. The molecular formula is C116H112N14O12S2. The van der Waals surface area contributed by atoms with Crippen LogP contribution in [0.4, 0.5) is 10.5 Å². The number of hydrogen-bond donors (Lipinski definition) is 10. The number of urea groups is 1. The first-order valence-corrected chi connectivity index (χ1v) is 49.8. The molecule has 26 nitrogen and oxygen atoms in total. The maximum Gasteiger partial charge on any atom is 0.319 e. The van der Waals surface area contributed by atoms with Crippen molar-refractivity contribution in [2.75, 3.05) is 44.8 Å². The highest BCUT2D eigenvalue weighted by molar-refractivity contribution is 7.88. The summed E-state index contributed by atoms with van der Waals surface area (Å²) < 4.78 is 34.7. The number of hydrogen-bond acceptors (Lipinski definition) is 13. The van der Waals surface area contributed by atoms with E-state index in [9.17, 15) is 56.4 Å². The van der Waals surface area contributed by atoms with E-state index in [1.807, 2.05) is 146 Å². The third-order valence-corrected chi connectivity index (χ3v) is 29.6. The molecule has 8 aliphatic rings. The Morgan fingerprint density at radius 3 is 0.868 bits per heavy atom. The first-order chi connectivity index (χ1) is 68.1. The molecule has 11 amide bonds. The lowest BCUT2D eigenvalue weighted by molar-refractivity contribution is -0.119. The first-order valence-electron chi connectivity index (χ1n) is 47.5. The van der Waals surface area contributed by atoms with Gasteiger partial charge >= 0.3 is 6.03 Å². The molecule has 10 N–H and O–H groups in total. The van der Waals surface area contributed by atoms with Crippen molar-refractivity contribution in [3.05, 3.63) is 313 Å². The highest BCUT2D eigenvalue weighted by Gasteiger charge is 2.44. The summed E-state index contributed by atoms with van der Waals surface area (Å²) in [6.45, 7) is 6.27. The monoisotopic (exact) mass is 1960 g/mol. The van der Waals surface area contributed by atoms with Gasteiger partial charge in [-0.15, -0.1) is 0 Å². The summed E-state index contributed by atoms with van der Waals surface area (Å²) in [6.07, 6.45) is 10.2. The molecule has 4 aromatic heterocycles. The van der Waals surface area contributed by atoms with E-state index in [4.69, 9.17) is 12.2 Å². The van der Waals surface area contributed by atoms with Crippen molar-refractivity contribution in [3.8, 4) is 44.5 Å². The first kappa shape index (κ1) is 98.2. The maximum absolute atomic E-state index is 13.2. The number of anilines is 1. The number of amides is 11. The highest BCUT2D eigenvalue weighted by Crippen LogP contribution is 2.53. The fourth-order valence-electron chi connectivity index (χ4n) is 23.0. The molecule has 0 fully saturated rings. The number of thiocarbonyl (C=S) groups is 1. The van der Waals surface area contributed by atoms with E-state index < -0.39 is 10.0 Å². The standard InChI is InChI=1S/C32H26N4O3.C27H24N4O2S.C27H23N3O3.C26H23N3O4S.4CH4/c37-30-27-23-16-15-19-9-4-5-12-21(19)25(23)29-26(28(27)31(38)35-30)22-13-6-7-14-24(22)36(29)18-8-17-33-32(39)34-20-10-2-1-3-11-20;1-28-27(34)29-13-6-14-31-19-10-5-4-9-17(19)21-23-22(25(32)30-26(23)33)18-12-11-15-7-2-3-8-16(15)20(18)24(21)31;1-15(31)28-13-6-14-30-20-10-5-4-9-18(20)22-24-23(26(32)29-27(24)33)19-12-11-16-7-2-3-8-17(16)21(19)25(22)30;1-34(32,33)27-13-6-14-29-19-10-5-4-9-17(19)21-23-22(25(30)28-26(23)31)18-12-11-15-7-2-3-8-16(15)20(18)24(21)29;;;;/h1-7,9-14H,8,15-18H2,(H2,33,34,39)(H,35,37,38);2-5,7-10H,6,11-14H2,1H3,(H2,28,29,34)(H,30,32,33);2-5,7-10H,6,11-14H2,1H3,(H,28,31)(H,29,32,33);2-5,7-10,27H,6,11-14H2,1H3,(H,28,30,31);4*1H4. The predicted octanol–water partition coefficient (Wildman–Crippen LogP) is 19.5. The topological polar surface area (TPSA) is 345 Å². The molecule has 13 aromatic carbocycles. The molecule has 0 unspecified atom stereocenters. The van der Waals surface area contributed by atoms with Gasteiger partial charge in [0.2, 0.25) is 15.9 Å². The van der Waals surface area contributed by atoms with Gasteiger partial charge in [-0.2, -0.15) is 0 Å². The lowest BCUT2D eigenvalue weighted by Gasteiger charge is -2.24. The number of rotatable bonds is 18. The van der Waals surface area contributed by atoms with E-state index in [0.29, 0.717) is 115 Å². The quantitative estimate of drug-likeness (QED) is 0.0217. The van der Waals surface area contributed by atoms with Gasteiger partial charge in [0, 0.05) is 159 Å². The molecule has 4 aliphatic heterocycles. The zero-order chi connectivity index (χ0) is 96.2. The van der Waals surface area contributed by atoms with Crippen molar-refractivity contribution in [1.29, 1.82) is 0 Å². The van der Waals surface area contributed by atoms with Crippen LogP contribution in [0.1, 0.15) is 190 Å². The lowest BCUT2D eigenvalue weighted by atomic mass is 9.80. The molecule has 0 bridgehead atoms. The molecule has 28 heteroatoms. The molecule has 730 valence electrons. The number of nitrogens with one attached hydrogen (secondary N) is 10. The molecule has 4 aliphatic carbocycles. The van der Waals surface area contributed by atoms with E-state index in [2.05, 4.69) is 150 Å². The Hall–Kier alpha value is -16.0. The van der Waals surface area contributed by atoms with Gasteiger partial charge in [-0.3, -0.25) is 64.4 Å². The number of sulfonamides is 1. The van der Waals surface area contributed by atoms with Gasteiger partial charge in [-0.1, -0.05) is 218 Å². The van der Waals surface area contributed by atoms with Gasteiger partial charge in [0.25, 0.3) is 47.3 Å². The Bertz CT molecular complexity index is 8470. The van der Waals surface area contributed by atoms with Crippen molar-refractivity contribution >= 4 is 179 Å². The average molecular weight is 1960 g/mol. The minimum absolute atomic E-state index is 0. The lowest BCUT2D eigenvalue weighted by Crippen LogP contribution is -2.33. The zero-order valence-corrected chi connectivity index (χ0v) is 78.6. The van der Waals surface area contributed by atoms with Crippen LogP contribution in [0.2, 0.25) is 0 Å². The van der Waals surface area contributed by atoms with E-state index in [1.54, 1.807) is 7.05 Å². The smallest absolute Gasteiger partial charge is 0.319 e. The summed E-state index contributed by atoms with van der Waals surface area (Å²) in [6, 6.07) is 74.6. The van der Waals surface area contributed by atoms with E-state index in [1.165, 1.54) is 29.2 Å². The Kier molecular flexibility index (Phi) is 27.1. The van der Waals surface area contributed by atoms with E-state index >= 15 is 0 Å². The second-order valence-electron chi connectivity index (χ2n) is 36.6. The fourth-order valence-corrected chi connectivity index (χ4v) is 23.6. The average Bonchev–Trinajstić information content (AvgIpc) is 1.55. The third kappa shape index (κ3) is 16.7. The van der Waals surface area contributed by atoms with Gasteiger partial charge in [-0.25, -0.2) is 17.9 Å². The molecule has 0 saturated heterocycles. The molecule has 17 aromatic rings. The van der Waals surface area contributed by atoms with Gasteiger partial charge in [0.15, 0.2) is 5.11 Å². The summed E-state index contributed by atoms with van der Waals surface area (Å²) >= 11 is 5.22. The summed E-state index contributed by atoms with van der Waals surface area (Å²) in [5.41, 5.74) is 30.4. The van der Waals surface area contributed by atoms with Gasteiger partial charge in [0.05, 0.1) is 72.8 Å². The highest BCUT2D eigenvalue weighted by atomic mass is 32.2. The Morgan fingerprint density at radius 1 is 0.319 bits per heavy atom. The van der Waals surface area contributed by atoms with Crippen LogP contribution < -0.4 is 52.6 Å². The SMILES string of the molecule is C.C.C.C.CC(=O)NCCCn1c2ccccc2c2c3c(c4c(c21)-c1ccccc1CC4)C(=O)NC3=O.CNC(=S)NCCCn1c2ccccc2c2c3c(c4c(c21)-c1ccccc1CC4)C(=O)NC3=O.CS(=O)(=O)NCCCn1c2ccccc2c2c3c(c4c(c21)-c1ccccc1CC4)C(=O)NC3=O.O=C(NCCCn1c2ccccc2c2c3c(c4c(c21)-c1ccccc1CC4)C(=O)NC3=O)Nc1ccccc1. The number of carbonyl (C=O) groups is 10. The summed E-state index contributed by atoms with van der Waals surface area (Å²) in [4.78, 5) is 128. The van der Waals surface area contributed by atoms with Crippen LogP contribution in [0.3, 0.4) is 0 Å². The Morgan fingerprint density at radius 2 is 0.576 bits per heavy atom. The molecule has 0 saturated carbocycles. The minimum Gasteiger partial charge on any atom is -0.366 e. The number of fused-ring (bicyclic) bond motifs is 40. The van der Waals surface area contributed by atoms with Crippen molar-refractivity contribution in [1.82, 2.24) is 65.5 Å². The molecule has 0 atom stereocenters. The van der Waals surface area contributed by atoms with Crippen LogP contribution >= 0.6 is 12.2 Å². The van der Waals surface area contributed by atoms with Gasteiger partial charge in [0.1, 0.15) is 0 Å². The van der Waals surface area contributed by atoms with E-state index in [0.717, 1.165) is 230 Å². The molecule has 0 spiro atoms. The molecule has 8 heterocycles. The van der Waals surface area contributed by atoms with Crippen molar-refractivity contribution in [3.63, 3.8) is 0 Å². The van der Waals surface area contributed by atoms with Crippen LogP contribution in [0.25, 0.3) is 132 Å². The number of benzene rings is 13. The van der Waals surface area contributed by atoms with Gasteiger partial charge < -0.3 is 44.9 Å². The number of para-hydroxylation sites is 5. The molecule has 144 heavy (non-hydrogen) atoms. The van der Waals surface area contributed by atoms with E-state index in [-0.39, 0.29) is 88.9 Å².